The third kappa shape index (κ3) is 3.93. The first kappa shape index (κ1) is 15.3. The SMILES string of the molecule is Cc1cc(C(=O)CN(CCC#N)c2ccccc2)c(C)s1. The molecule has 21 heavy (non-hydrogen) atoms. The number of nitriles is 1. The van der Waals surface area contributed by atoms with Gasteiger partial charge in [0, 0.05) is 27.5 Å². The second-order valence-electron chi connectivity index (χ2n) is 4.92. The molecule has 0 unspecified atom stereocenters. The molecule has 1 aromatic carbocycles. The number of anilines is 1. The lowest BCUT2D eigenvalue weighted by molar-refractivity contribution is 0.0999. The standard InChI is InChI=1S/C17H18N2OS/c1-13-11-16(14(2)21-13)17(20)12-19(10-6-9-18)15-7-4-3-5-8-15/h3-5,7-8,11H,6,10,12H2,1-2H3. The summed E-state index contributed by atoms with van der Waals surface area (Å²) in [7, 11) is 0. The van der Waals surface area contributed by atoms with Crippen LogP contribution in [0.25, 0.3) is 0 Å². The number of benzene rings is 1. The van der Waals surface area contributed by atoms with Gasteiger partial charge in [-0.05, 0) is 32.0 Å². The zero-order valence-electron chi connectivity index (χ0n) is 12.3. The van der Waals surface area contributed by atoms with Gasteiger partial charge in [-0.15, -0.1) is 11.3 Å². The van der Waals surface area contributed by atoms with Crippen LogP contribution in [-0.2, 0) is 0 Å². The van der Waals surface area contributed by atoms with Gasteiger partial charge in [0.05, 0.1) is 19.0 Å². The molecule has 1 heterocycles. The summed E-state index contributed by atoms with van der Waals surface area (Å²) in [5, 5.41) is 8.80. The highest BCUT2D eigenvalue weighted by Gasteiger charge is 2.16. The number of nitrogens with zero attached hydrogens (tertiary/aromatic N) is 2. The van der Waals surface area contributed by atoms with Crippen molar-refractivity contribution in [3.05, 3.63) is 51.7 Å². The molecule has 0 aliphatic carbocycles. The highest BCUT2D eigenvalue weighted by atomic mass is 32.1. The molecule has 0 bridgehead atoms. The predicted molar refractivity (Wildman–Crippen MR) is 87.0 cm³/mol. The number of hydrogen-bond acceptors (Lipinski definition) is 4. The van der Waals surface area contributed by atoms with Crippen molar-refractivity contribution in [3.8, 4) is 6.07 Å². The highest BCUT2D eigenvalue weighted by molar-refractivity contribution is 7.12. The molecule has 0 aliphatic heterocycles. The van der Waals surface area contributed by atoms with Crippen molar-refractivity contribution >= 4 is 22.8 Å². The minimum atomic E-state index is 0.110. The van der Waals surface area contributed by atoms with E-state index in [0.717, 1.165) is 21.0 Å². The molecule has 3 nitrogen and oxygen atoms in total. The quantitative estimate of drug-likeness (QED) is 0.758. The van der Waals surface area contributed by atoms with Crippen LogP contribution in [0, 0.1) is 25.2 Å². The van der Waals surface area contributed by atoms with E-state index < -0.39 is 0 Å². The summed E-state index contributed by atoms with van der Waals surface area (Å²) in [6.45, 7) is 4.86. The zero-order valence-corrected chi connectivity index (χ0v) is 13.1. The smallest absolute Gasteiger partial charge is 0.183 e. The predicted octanol–water partition coefficient (Wildman–Crippen LogP) is 3.97. The van der Waals surface area contributed by atoms with Crippen LogP contribution >= 0.6 is 11.3 Å². The van der Waals surface area contributed by atoms with Crippen LogP contribution in [0.3, 0.4) is 0 Å². The third-order valence-electron chi connectivity index (χ3n) is 3.29. The Hall–Kier alpha value is -2.12. The Morgan fingerprint density at radius 2 is 2.00 bits per heavy atom. The van der Waals surface area contributed by atoms with E-state index >= 15 is 0 Å². The monoisotopic (exact) mass is 298 g/mol. The molecule has 0 fully saturated rings. The summed E-state index contributed by atoms with van der Waals surface area (Å²) >= 11 is 1.65. The second kappa shape index (κ2) is 7.05. The lowest BCUT2D eigenvalue weighted by Crippen LogP contribution is -2.30. The Labute approximate surface area is 129 Å². The maximum absolute atomic E-state index is 12.5. The molecule has 1 aromatic heterocycles. The highest BCUT2D eigenvalue weighted by Crippen LogP contribution is 2.22. The van der Waals surface area contributed by atoms with Gasteiger partial charge >= 0.3 is 0 Å². The largest absolute Gasteiger partial charge is 0.363 e. The van der Waals surface area contributed by atoms with E-state index in [4.69, 9.17) is 5.26 Å². The fourth-order valence-electron chi connectivity index (χ4n) is 2.29. The van der Waals surface area contributed by atoms with E-state index in [-0.39, 0.29) is 5.78 Å². The van der Waals surface area contributed by atoms with Crippen LogP contribution in [0.4, 0.5) is 5.69 Å². The molecule has 0 amide bonds. The third-order valence-corrected chi connectivity index (χ3v) is 4.26. The van der Waals surface area contributed by atoms with Gasteiger partial charge in [-0.25, -0.2) is 0 Å². The number of para-hydroxylation sites is 1. The fraction of sp³-hybridized carbons (Fsp3) is 0.294. The molecule has 0 aliphatic rings. The van der Waals surface area contributed by atoms with Crippen molar-refractivity contribution < 1.29 is 4.79 Å². The van der Waals surface area contributed by atoms with Gasteiger partial charge in [-0.2, -0.15) is 5.26 Å². The molecule has 108 valence electrons. The van der Waals surface area contributed by atoms with E-state index in [2.05, 4.69) is 6.07 Å². The second-order valence-corrected chi connectivity index (χ2v) is 6.38. The molecule has 2 rings (SSSR count). The van der Waals surface area contributed by atoms with Crippen molar-refractivity contribution in [1.29, 1.82) is 5.26 Å². The summed E-state index contributed by atoms with van der Waals surface area (Å²) in [6.07, 6.45) is 0.407. The first-order valence-corrected chi connectivity index (χ1v) is 7.70. The van der Waals surface area contributed by atoms with Gasteiger partial charge in [0.15, 0.2) is 5.78 Å². The van der Waals surface area contributed by atoms with Crippen molar-refractivity contribution in [2.75, 3.05) is 18.0 Å². The minimum Gasteiger partial charge on any atom is -0.363 e. The normalized spacial score (nSPS) is 10.1. The van der Waals surface area contributed by atoms with Gasteiger partial charge in [-0.3, -0.25) is 4.79 Å². The Morgan fingerprint density at radius 3 is 2.57 bits per heavy atom. The van der Waals surface area contributed by atoms with Gasteiger partial charge in [0.25, 0.3) is 0 Å². The molecule has 0 spiro atoms. The summed E-state index contributed by atoms with van der Waals surface area (Å²) < 4.78 is 0. The number of carbonyl (C=O) groups is 1. The average Bonchev–Trinajstić information content (AvgIpc) is 2.83. The van der Waals surface area contributed by atoms with Crippen molar-refractivity contribution in [2.24, 2.45) is 0 Å². The van der Waals surface area contributed by atoms with Gasteiger partial charge in [-0.1, -0.05) is 18.2 Å². The van der Waals surface area contributed by atoms with Gasteiger partial charge in [0.2, 0.25) is 0 Å². The van der Waals surface area contributed by atoms with Crippen LogP contribution in [0.1, 0.15) is 26.5 Å². The van der Waals surface area contributed by atoms with Gasteiger partial charge < -0.3 is 4.90 Å². The van der Waals surface area contributed by atoms with E-state index in [1.54, 1.807) is 11.3 Å². The molecule has 0 atom stereocenters. The van der Waals surface area contributed by atoms with Gasteiger partial charge in [0.1, 0.15) is 0 Å². The summed E-state index contributed by atoms with van der Waals surface area (Å²) in [6, 6.07) is 13.9. The Kier molecular flexibility index (Phi) is 5.13. The fourth-order valence-corrected chi connectivity index (χ4v) is 3.23. The first-order valence-electron chi connectivity index (χ1n) is 6.89. The topological polar surface area (TPSA) is 44.1 Å². The first-order chi connectivity index (χ1) is 10.1. The molecule has 0 radical (unpaired) electrons. The average molecular weight is 298 g/mol. The maximum atomic E-state index is 12.5. The summed E-state index contributed by atoms with van der Waals surface area (Å²) in [5.41, 5.74) is 1.78. The molecule has 0 saturated carbocycles. The van der Waals surface area contributed by atoms with Crippen molar-refractivity contribution in [2.45, 2.75) is 20.3 Å². The van der Waals surface area contributed by atoms with Crippen molar-refractivity contribution in [1.82, 2.24) is 0 Å². The van der Waals surface area contributed by atoms with Crippen LogP contribution in [0.2, 0.25) is 0 Å². The number of carbonyl (C=O) groups excluding carboxylic acids is 1. The maximum Gasteiger partial charge on any atom is 0.183 e. The number of thiophene rings is 1. The van der Waals surface area contributed by atoms with E-state index in [1.165, 1.54) is 0 Å². The van der Waals surface area contributed by atoms with E-state index in [0.29, 0.717) is 19.5 Å². The lowest BCUT2D eigenvalue weighted by atomic mass is 10.1. The van der Waals surface area contributed by atoms with Crippen LogP contribution in [0.5, 0.6) is 0 Å². The Balaban J connectivity index is 2.17. The minimum absolute atomic E-state index is 0.110. The van der Waals surface area contributed by atoms with Crippen molar-refractivity contribution in [3.63, 3.8) is 0 Å². The molecule has 0 saturated heterocycles. The van der Waals surface area contributed by atoms with Crippen LogP contribution in [0.15, 0.2) is 36.4 Å². The lowest BCUT2D eigenvalue weighted by Gasteiger charge is -2.23. The number of aryl methyl sites for hydroxylation is 2. The summed E-state index contributed by atoms with van der Waals surface area (Å²) in [4.78, 5) is 16.7. The molecular formula is C17H18N2OS. The summed E-state index contributed by atoms with van der Waals surface area (Å²) in [5.74, 6) is 0.110. The number of hydrogen-bond donors (Lipinski definition) is 0. The Bertz CT molecular complexity index is 655. The number of Topliss-reactive ketones (excluding diaryl/α,β-unsaturated/α-hetero) is 1. The number of rotatable bonds is 6. The zero-order chi connectivity index (χ0) is 15.2. The van der Waals surface area contributed by atoms with E-state index in [9.17, 15) is 4.79 Å². The molecular weight excluding hydrogens is 280 g/mol. The molecule has 4 heteroatoms. The van der Waals surface area contributed by atoms with Crippen LogP contribution in [-0.4, -0.2) is 18.9 Å². The number of ketones is 1. The van der Waals surface area contributed by atoms with E-state index in [1.807, 2.05) is 55.1 Å². The molecule has 2 aromatic rings. The molecule has 0 N–H and O–H groups in total. The van der Waals surface area contributed by atoms with Crippen LogP contribution < -0.4 is 4.90 Å². The Morgan fingerprint density at radius 1 is 1.29 bits per heavy atom.